The van der Waals surface area contributed by atoms with Gasteiger partial charge >= 0.3 is 29.5 Å². The summed E-state index contributed by atoms with van der Waals surface area (Å²) in [6.45, 7) is -1.05. The highest BCUT2D eigenvalue weighted by atomic mass is 31.3. The van der Waals surface area contributed by atoms with E-state index in [1.54, 1.807) is 0 Å². The van der Waals surface area contributed by atoms with E-state index in [0.29, 0.717) is 0 Å². The highest BCUT2D eigenvalue weighted by Gasteiger charge is 2.47. The van der Waals surface area contributed by atoms with Gasteiger partial charge in [0, 0.05) is 0 Å². The number of methoxy groups -OCH3 is 1. The molecule has 1 fully saturated rings. The Hall–Kier alpha value is -1.76. The third-order valence-corrected chi connectivity index (χ3v) is 7.93. The van der Waals surface area contributed by atoms with Gasteiger partial charge in [0.25, 0.3) is 5.56 Å². The van der Waals surface area contributed by atoms with Gasteiger partial charge < -0.3 is 45.0 Å². The molecule has 1 aliphatic rings. The maximum atomic E-state index is 12.1. The Morgan fingerprint density at radius 3 is 2.32 bits per heavy atom. The summed E-state index contributed by atoms with van der Waals surface area (Å²) < 4.78 is 56.9. The van der Waals surface area contributed by atoms with E-state index in [1.807, 2.05) is 0 Å². The van der Waals surface area contributed by atoms with E-state index in [9.17, 15) is 33.6 Å². The number of fused-ring (bicyclic) bond motifs is 1. The number of aromatic nitrogens is 4. The van der Waals surface area contributed by atoms with Gasteiger partial charge in [0.05, 0.1) is 13.7 Å². The number of anilines is 1. The maximum absolute atomic E-state index is 12.1. The van der Waals surface area contributed by atoms with Crippen LogP contribution in [0.5, 0.6) is 6.01 Å². The second-order valence-corrected chi connectivity index (χ2v) is 10.9. The number of ether oxygens (including phenoxy) is 2. The first-order valence-electron chi connectivity index (χ1n) is 8.65. The summed E-state index contributed by atoms with van der Waals surface area (Å²) in [6, 6.07) is -0.289. The Morgan fingerprint density at radius 1 is 1.09 bits per heavy atom. The molecule has 9 N–H and O–H groups in total. The van der Waals surface area contributed by atoms with Crippen LogP contribution in [-0.2, 0) is 31.6 Å². The van der Waals surface area contributed by atoms with Gasteiger partial charge in [0.1, 0.15) is 18.3 Å². The molecule has 0 aliphatic carbocycles. The topological polar surface area (TPSA) is 308 Å². The zero-order valence-corrected chi connectivity index (χ0v) is 19.3. The Morgan fingerprint density at radius 2 is 1.74 bits per heavy atom. The SMILES string of the molecule is COc1nc2c(=O)[nH]c(N)nc2n1[C@@H]1O[C@H](COP(=O)(O)OP(=O)(O)OP(=O)(O)O)C(O)C1O. The molecular formula is C11H18N5O15P3. The second kappa shape index (κ2) is 9.36. The zero-order chi connectivity index (χ0) is 25.6. The first kappa shape index (κ1) is 26.8. The quantitative estimate of drug-likeness (QED) is 0.151. The van der Waals surface area contributed by atoms with Gasteiger partial charge in [-0.05, 0) is 0 Å². The Bertz CT molecular complexity index is 1270. The van der Waals surface area contributed by atoms with Gasteiger partial charge in [-0.15, -0.1) is 0 Å². The monoisotopic (exact) mass is 553 g/mol. The van der Waals surface area contributed by atoms with Crippen molar-refractivity contribution in [3.8, 4) is 6.01 Å². The number of aromatic amines is 1. The fourth-order valence-electron chi connectivity index (χ4n) is 2.91. The molecule has 4 unspecified atom stereocenters. The summed E-state index contributed by atoms with van der Waals surface area (Å²) in [5.41, 5.74) is 4.30. The average molecular weight is 553 g/mol. The molecule has 6 atom stereocenters. The lowest BCUT2D eigenvalue weighted by molar-refractivity contribution is -0.0529. The molecule has 192 valence electrons. The van der Waals surface area contributed by atoms with Crippen molar-refractivity contribution >= 4 is 40.6 Å². The molecule has 23 heteroatoms. The van der Waals surface area contributed by atoms with E-state index in [2.05, 4.69) is 28.1 Å². The molecule has 3 rings (SSSR count). The molecule has 0 spiro atoms. The van der Waals surface area contributed by atoms with E-state index in [-0.39, 0.29) is 23.1 Å². The molecule has 0 radical (unpaired) electrons. The van der Waals surface area contributed by atoms with Crippen molar-refractivity contribution in [2.75, 3.05) is 19.5 Å². The minimum atomic E-state index is -5.76. The average Bonchev–Trinajstić information content (AvgIpc) is 3.15. The lowest BCUT2D eigenvalue weighted by Gasteiger charge is -2.19. The van der Waals surface area contributed by atoms with Gasteiger partial charge in [-0.3, -0.25) is 14.3 Å². The molecule has 20 nitrogen and oxygen atoms in total. The molecule has 0 aromatic carbocycles. The fraction of sp³-hybridized carbons (Fsp3) is 0.545. The van der Waals surface area contributed by atoms with E-state index < -0.39 is 60.2 Å². The number of phosphoric ester groups is 1. The predicted molar refractivity (Wildman–Crippen MR) is 105 cm³/mol. The van der Waals surface area contributed by atoms with Crippen molar-refractivity contribution in [3.05, 3.63) is 10.4 Å². The molecule has 0 saturated carbocycles. The maximum Gasteiger partial charge on any atom is 0.490 e. The van der Waals surface area contributed by atoms with Crippen LogP contribution in [0.3, 0.4) is 0 Å². The molecule has 0 bridgehead atoms. The summed E-state index contributed by atoms with van der Waals surface area (Å²) in [7, 11) is -15.7. The number of aliphatic hydroxyl groups excluding tert-OH is 2. The molecule has 1 aliphatic heterocycles. The number of nitrogen functional groups attached to an aromatic ring is 1. The van der Waals surface area contributed by atoms with Gasteiger partial charge in [-0.2, -0.15) is 18.6 Å². The van der Waals surface area contributed by atoms with Crippen LogP contribution >= 0.6 is 23.5 Å². The highest BCUT2D eigenvalue weighted by molar-refractivity contribution is 7.66. The number of hydrogen-bond acceptors (Lipinski definition) is 14. The molecule has 3 heterocycles. The van der Waals surface area contributed by atoms with Crippen LogP contribution in [0.4, 0.5) is 5.95 Å². The summed E-state index contributed by atoms with van der Waals surface area (Å²) in [5, 5.41) is 20.7. The second-order valence-electron chi connectivity index (χ2n) is 6.52. The summed E-state index contributed by atoms with van der Waals surface area (Å²) >= 11 is 0. The number of nitrogens with two attached hydrogens (primary N) is 1. The third kappa shape index (κ3) is 5.89. The van der Waals surface area contributed by atoms with Crippen LogP contribution < -0.4 is 16.0 Å². The fourth-order valence-corrected chi connectivity index (χ4v) is 5.94. The number of imidazole rings is 1. The van der Waals surface area contributed by atoms with Crippen molar-refractivity contribution in [2.24, 2.45) is 0 Å². The summed E-state index contributed by atoms with van der Waals surface area (Å²) in [4.78, 5) is 57.8. The van der Waals surface area contributed by atoms with E-state index in [4.69, 9.17) is 29.9 Å². The largest absolute Gasteiger partial charge is 0.490 e. The number of nitrogens with one attached hydrogen (secondary N) is 1. The Labute approximate surface area is 187 Å². The molecule has 34 heavy (non-hydrogen) atoms. The standard InChI is InChI=1S/C11H18N5O15P3/c1-27-11-13-4-7(14-10(12)15-8(4)19)16(11)9-6(18)5(17)3(29-9)2-28-33(23,24)31-34(25,26)30-32(20,21)22/h3,5-6,9,17-18H,2H2,1H3,(H,23,24)(H,25,26)(H2,20,21,22)(H3,12,14,15,19)/t3-,5?,6?,9-/m1/s1. The molecule has 2 aromatic rings. The van der Waals surface area contributed by atoms with Gasteiger partial charge in [-0.25, -0.2) is 18.3 Å². The van der Waals surface area contributed by atoms with Crippen molar-refractivity contribution in [1.82, 2.24) is 19.5 Å². The number of aliphatic hydroxyl groups is 2. The molecule has 0 amide bonds. The van der Waals surface area contributed by atoms with E-state index in [1.165, 1.54) is 7.11 Å². The van der Waals surface area contributed by atoms with E-state index in [0.717, 1.165) is 4.57 Å². The molecule has 1 saturated heterocycles. The van der Waals surface area contributed by atoms with Crippen molar-refractivity contribution in [3.63, 3.8) is 0 Å². The van der Waals surface area contributed by atoms with Crippen LogP contribution in [0.1, 0.15) is 6.23 Å². The minimum absolute atomic E-state index is 0.206. The van der Waals surface area contributed by atoms with Crippen LogP contribution in [0.15, 0.2) is 4.79 Å². The molecular weight excluding hydrogens is 535 g/mol. The summed E-state index contributed by atoms with van der Waals surface area (Å²) in [6.07, 6.45) is -6.72. The number of hydrogen-bond donors (Lipinski definition) is 8. The van der Waals surface area contributed by atoms with Crippen molar-refractivity contribution in [2.45, 2.75) is 24.5 Å². The van der Waals surface area contributed by atoms with Gasteiger partial charge in [-0.1, -0.05) is 0 Å². The lowest BCUT2D eigenvalue weighted by Crippen LogP contribution is -2.33. The number of nitrogens with zero attached hydrogens (tertiary/aromatic N) is 3. The zero-order valence-electron chi connectivity index (χ0n) is 16.6. The number of rotatable bonds is 9. The number of phosphoric acid groups is 3. The van der Waals surface area contributed by atoms with Crippen LogP contribution in [0.2, 0.25) is 0 Å². The first-order chi connectivity index (χ1) is 15.5. The van der Waals surface area contributed by atoms with E-state index >= 15 is 0 Å². The van der Waals surface area contributed by atoms with Crippen molar-refractivity contribution in [1.29, 1.82) is 0 Å². The highest BCUT2D eigenvalue weighted by Crippen LogP contribution is 2.66. The number of H-pyrrole nitrogens is 1. The lowest BCUT2D eigenvalue weighted by atomic mass is 10.1. The van der Waals surface area contributed by atoms with Crippen LogP contribution in [0, 0.1) is 0 Å². The molecule has 2 aromatic heterocycles. The predicted octanol–water partition coefficient (Wildman–Crippen LogP) is -2.33. The minimum Gasteiger partial charge on any atom is -0.468 e. The summed E-state index contributed by atoms with van der Waals surface area (Å²) in [5.74, 6) is -0.321. The third-order valence-electron chi connectivity index (χ3n) is 4.13. The normalized spacial score (nSPS) is 26.9. The van der Waals surface area contributed by atoms with Crippen molar-refractivity contribution < 1.29 is 66.1 Å². The first-order valence-corrected chi connectivity index (χ1v) is 13.2. The van der Waals surface area contributed by atoms with Crippen LogP contribution in [0.25, 0.3) is 11.2 Å². The smallest absolute Gasteiger partial charge is 0.468 e. The van der Waals surface area contributed by atoms with Crippen LogP contribution in [-0.4, -0.2) is 81.3 Å². The van der Waals surface area contributed by atoms with Gasteiger partial charge in [0.2, 0.25) is 5.95 Å². The Balaban J connectivity index is 1.80. The Kier molecular flexibility index (Phi) is 7.39. The van der Waals surface area contributed by atoms with Gasteiger partial charge in [0.15, 0.2) is 17.4 Å².